The van der Waals surface area contributed by atoms with E-state index in [9.17, 15) is 14.9 Å². The molecule has 0 bridgehead atoms. The first-order valence-electron chi connectivity index (χ1n) is 13.7. The average Bonchev–Trinajstić information content (AvgIpc) is 3.33. The van der Waals surface area contributed by atoms with Crippen molar-refractivity contribution in [2.24, 2.45) is 0 Å². The van der Waals surface area contributed by atoms with Crippen LogP contribution in [0.5, 0.6) is 0 Å². The Morgan fingerprint density at radius 1 is 0.976 bits per heavy atom. The van der Waals surface area contributed by atoms with Crippen LogP contribution in [0.2, 0.25) is 0 Å². The van der Waals surface area contributed by atoms with Crippen molar-refractivity contribution in [3.05, 3.63) is 71.5 Å². The van der Waals surface area contributed by atoms with Crippen LogP contribution in [-0.2, 0) is 4.74 Å². The Bertz CT molecular complexity index is 1650. The van der Waals surface area contributed by atoms with Crippen molar-refractivity contribution in [2.75, 3.05) is 26.2 Å². The lowest BCUT2D eigenvalue weighted by Gasteiger charge is -2.26. The van der Waals surface area contributed by atoms with Gasteiger partial charge in [0.25, 0.3) is 11.8 Å². The molecular weight excluding hydrogens is 534 g/mol. The van der Waals surface area contributed by atoms with Gasteiger partial charge in [-0.2, -0.15) is 5.26 Å². The van der Waals surface area contributed by atoms with Crippen LogP contribution in [0.15, 0.2) is 59.1 Å². The summed E-state index contributed by atoms with van der Waals surface area (Å²) in [5.41, 5.74) is 2.82. The van der Waals surface area contributed by atoms with Gasteiger partial charge in [-0.25, -0.2) is 9.78 Å². The molecule has 0 aliphatic carbocycles. The van der Waals surface area contributed by atoms with Crippen molar-refractivity contribution < 1.29 is 18.7 Å². The van der Waals surface area contributed by atoms with Crippen LogP contribution >= 0.6 is 0 Å². The predicted octanol–water partition coefficient (Wildman–Crippen LogP) is 5.12. The predicted molar refractivity (Wildman–Crippen MR) is 154 cm³/mol. The van der Waals surface area contributed by atoms with Crippen LogP contribution in [-0.4, -0.2) is 73.7 Å². The maximum Gasteiger partial charge on any atom is 0.410 e. The summed E-state index contributed by atoms with van der Waals surface area (Å²) in [7, 11) is 0. The Morgan fingerprint density at radius 2 is 1.69 bits per heavy atom. The van der Waals surface area contributed by atoms with Gasteiger partial charge < -0.3 is 19.0 Å². The summed E-state index contributed by atoms with van der Waals surface area (Å²) in [5, 5.41) is 18.3. The van der Waals surface area contributed by atoms with E-state index in [4.69, 9.17) is 14.1 Å². The molecule has 0 N–H and O–H groups in total. The summed E-state index contributed by atoms with van der Waals surface area (Å²) in [6.45, 7) is 8.99. The van der Waals surface area contributed by atoms with Crippen molar-refractivity contribution in [2.45, 2.75) is 39.7 Å². The molecule has 0 unspecified atom stereocenters. The zero-order chi connectivity index (χ0) is 29.9. The van der Waals surface area contributed by atoms with E-state index >= 15 is 0 Å². The fourth-order valence-corrected chi connectivity index (χ4v) is 4.60. The highest BCUT2D eigenvalue weighted by Gasteiger charge is 2.27. The first-order valence-corrected chi connectivity index (χ1v) is 13.7. The normalized spacial score (nSPS) is 13.8. The van der Waals surface area contributed by atoms with Crippen molar-refractivity contribution in [1.29, 1.82) is 5.26 Å². The van der Waals surface area contributed by atoms with Crippen LogP contribution in [0.25, 0.3) is 34.3 Å². The average molecular weight is 566 g/mol. The third-order valence-corrected chi connectivity index (χ3v) is 6.70. The van der Waals surface area contributed by atoms with E-state index in [1.54, 1.807) is 41.1 Å². The quantitative estimate of drug-likeness (QED) is 0.330. The van der Waals surface area contributed by atoms with Crippen LogP contribution in [0, 0.1) is 18.3 Å². The lowest BCUT2D eigenvalue weighted by atomic mass is 10.0. The van der Waals surface area contributed by atoms with E-state index < -0.39 is 5.60 Å². The number of rotatable bonds is 4. The second-order valence-electron chi connectivity index (χ2n) is 11.0. The number of nitrogens with zero attached hydrogens (tertiary/aromatic N) is 7. The number of hydrogen-bond donors (Lipinski definition) is 0. The zero-order valence-electron chi connectivity index (χ0n) is 24.0. The Hall–Kier alpha value is -5.11. The van der Waals surface area contributed by atoms with Gasteiger partial charge in [0.05, 0.1) is 29.2 Å². The summed E-state index contributed by atoms with van der Waals surface area (Å²) in [4.78, 5) is 38.4. The standard InChI is InChI=1S/C31H31N7O4/c1-20-26(28-36-35-27(41-28)21-9-6-5-7-10-21)34-25(19-33-20)24-12-11-22(17-23(24)18-32)29(39)37-13-8-14-38(16-15-37)30(40)42-31(2,3)4/h5-7,9-12,17,19H,8,13-16H2,1-4H3. The topological polar surface area (TPSA) is 138 Å². The molecular formula is C31H31N7O4. The number of aryl methyl sites for hydroxylation is 1. The van der Waals surface area contributed by atoms with E-state index in [1.807, 2.05) is 51.1 Å². The molecule has 11 heteroatoms. The van der Waals surface area contributed by atoms with E-state index in [1.165, 1.54) is 0 Å². The largest absolute Gasteiger partial charge is 0.444 e. The fourth-order valence-electron chi connectivity index (χ4n) is 4.60. The second kappa shape index (κ2) is 11.8. The number of benzene rings is 2. The number of ether oxygens (including phenoxy) is 1. The molecule has 2 aromatic carbocycles. The number of hydrogen-bond acceptors (Lipinski definition) is 9. The minimum Gasteiger partial charge on any atom is -0.444 e. The number of amides is 2. The fraction of sp³-hybridized carbons (Fsp3) is 0.323. The van der Waals surface area contributed by atoms with Gasteiger partial charge in [-0.3, -0.25) is 9.78 Å². The Morgan fingerprint density at radius 3 is 2.43 bits per heavy atom. The molecule has 0 saturated carbocycles. The number of carbonyl (C=O) groups is 2. The highest BCUT2D eigenvalue weighted by atomic mass is 16.6. The molecule has 1 aliphatic heterocycles. The van der Waals surface area contributed by atoms with Crippen LogP contribution in [0.1, 0.15) is 48.8 Å². The minimum atomic E-state index is -0.590. The highest BCUT2D eigenvalue weighted by Crippen LogP contribution is 2.28. The van der Waals surface area contributed by atoms with Crippen LogP contribution in [0.3, 0.4) is 0 Å². The summed E-state index contributed by atoms with van der Waals surface area (Å²) in [5.74, 6) is 0.368. The van der Waals surface area contributed by atoms with Gasteiger partial charge in [0.1, 0.15) is 11.3 Å². The molecule has 0 radical (unpaired) electrons. The molecule has 0 atom stereocenters. The lowest BCUT2D eigenvalue weighted by Crippen LogP contribution is -2.40. The third kappa shape index (κ3) is 6.28. The smallest absolute Gasteiger partial charge is 0.410 e. The zero-order valence-corrected chi connectivity index (χ0v) is 24.0. The van der Waals surface area contributed by atoms with Gasteiger partial charge in [-0.1, -0.05) is 24.3 Å². The molecule has 4 aromatic rings. The molecule has 0 spiro atoms. The van der Waals surface area contributed by atoms with E-state index in [-0.39, 0.29) is 23.5 Å². The summed E-state index contributed by atoms with van der Waals surface area (Å²) in [6.07, 6.45) is 1.81. The molecule has 3 heterocycles. The maximum absolute atomic E-state index is 13.4. The van der Waals surface area contributed by atoms with Gasteiger partial charge in [0, 0.05) is 42.9 Å². The van der Waals surface area contributed by atoms with Gasteiger partial charge in [0.15, 0.2) is 0 Å². The summed E-state index contributed by atoms with van der Waals surface area (Å²) < 4.78 is 11.4. The van der Waals surface area contributed by atoms with Crippen LogP contribution < -0.4 is 0 Å². The SMILES string of the molecule is Cc1ncc(-c2ccc(C(=O)N3CCCN(C(=O)OC(C)(C)C)CC3)cc2C#N)nc1-c1nnc(-c2ccccc2)o1. The molecule has 214 valence electrons. The van der Waals surface area contributed by atoms with E-state index in [0.717, 1.165) is 5.56 Å². The molecule has 42 heavy (non-hydrogen) atoms. The number of nitriles is 1. The van der Waals surface area contributed by atoms with Gasteiger partial charge >= 0.3 is 6.09 Å². The molecule has 1 aliphatic rings. The molecule has 2 amide bonds. The molecule has 5 rings (SSSR count). The Balaban J connectivity index is 1.35. The van der Waals surface area contributed by atoms with E-state index in [2.05, 4.69) is 21.3 Å². The molecule has 1 saturated heterocycles. The van der Waals surface area contributed by atoms with Gasteiger partial charge in [-0.15, -0.1) is 10.2 Å². The van der Waals surface area contributed by atoms with Gasteiger partial charge in [0.2, 0.25) is 5.89 Å². The maximum atomic E-state index is 13.4. The number of aromatic nitrogens is 4. The summed E-state index contributed by atoms with van der Waals surface area (Å²) >= 11 is 0. The van der Waals surface area contributed by atoms with Crippen molar-refractivity contribution in [3.8, 4) is 40.4 Å². The lowest BCUT2D eigenvalue weighted by molar-refractivity contribution is 0.0255. The van der Waals surface area contributed by atoms with Crippen molar-refractivity contribution in [3.63, 3.8) is 0 Å². The summed E-state index contributed by atoms with van der Waals surface area (Å²) in [6, 6.07) is 16.5. The molecule has 1 fully saturated rings. The highest BCUT2D eigenvalue weighted by molar-refractivity contribution is 5.95. The van der Waals surface area contributed by atoms with Crippen LogP contribution in [0.4, 0.5) is 4.79 Å². The Labute approximate surface area is 243 Å². The third-order valence-electron chi connectivity index (χ3n) is 6.70. The van der Waals surface area contributed by atoms with E-state index in [0.29, 0.717) is 66.7 Å². The van der Waals surface area contributed by atoms with Crippen molar-refractivity contribution >= 4 is 12.0 Å². The van der Waals surface area contributed by atoms with Gasteiger partial charge in [-0.05, 0) is 58.4 Å². The molecule has 2 aromatic heterocycles. The minimum absolute atomic E-state index is 0.209. The molecule has 11 nitrogen and oxygen atoms in total. The van der Waals surface area contributed by atoms with Crippen molar-refractivity contribution in [1.82, 2.24) is 30.0 Å². The monoisotopic (exact) mass is 565 g/mol. The first kappa shape index (κ1) is 28.4. The first-order chi connectivity index (χ1) is 20.1. The Kier molecular flexibility index (Phi) is 7.97. The second-order valence-corrected chi connectivity index (χ2v) is 11.0. The number of carbonyl (C=O) groups excluding carboxylic acids is 2.